The van der Waals surface area contributed by atoms with Crippen molar-refractivity contribution in [1.82, 2.24) is 4.90 Å². The number of alkyl halides is 3. The molecule has 19 heavy (non-hydrogen) atoms. The van der Waals surface area contributed by atoms with Gasteiger partial charge in [0.05, 0.1) is 0 Å². The fraction of sp³-hybridized carbons (Fsp3) is 0.417. The van der Waals surface area contributed by atoms with Crippen LogP contribution in [-0.4, -0.2) is 37.1 Å². The van der Waals surface area contributed by atoms with Gasteiger partial charge >= 0.3 is 12.3 Å². The molecule has 7 heteroatoms. The lowest BCUT2D eigenvalue weighted by Crippen LogP contribution is -2.30. The van der Waals surface area contributed by atoms with Crippen LogP contribution in [0.15, 0.2) is 29.2 Å². The summed E-state index contributed by atoms with van der Waals surface area (Å²) in [5, 5.41) is 0. The Bertz CT molecular complexity index is 420. The predicted octanol–water partition coefficient (Wildman–Crippen LogP) is 3.54. The van der Waals surface area contributed by atoms with E-state index in [0.29, 0.717) is 0 Å². The number of hydrogen-bond acceptors (Lipinski definition) is 3. The van der Waals surface area contributed by atoms with Gasteiger partial charge in [0, 0.05) is 18.5 Å². The summed E-state index contributed by atoms with van der Waals surface area (Å²) in [5.74, 6) is 0. The molecule has 0 saturated carbocycles. The Morgan fingerprint density at radius 1 is 1.32 bits per heavy atom. The fourth-order valence-corrected chi connectivity index (χ4v) is 1.73. The van der Waals surface area contributed by atoms with Crippen LogP contribution in [0.4, 0.5) is 18.0 Å². The Balaban J connectivity index is 2.49. The van der Waals surface area contributed by atoms with E-state index in [1.807, 2.05) is 30.5 Å². The summed E-state index contributed by atoms with van der Waals surface area (Å²) < 4.78 is 39.8. The van der Waals surface area contributed by atoms with Crippen LogP contribution in [0.3, 0.4) is 0 Å². The van der Waals surface area contributed by atoms with Gasteiger partial charge in [-0.1, -0.05) is 12.1 Å². The molecule has 1 aromatic rings. The SMILES string of the molecule is CSc1ccc(CN(C)C(=O)OCC(F)(F)F)cc1. The molecule has 0 fully saturated rings. The normalized spacial score (nSPS) is 11.2. The molecule has 1 amide bonds. The van der Waals surface area contributed by atoms with E-state index in [0.717, 1.165) is 15.4 Å². The van der Waals surface area contributed by atoms with Gasteiger partial charge in [-0.3, -0.25) is 0 Å². The summed E-state index contributed by atoms with van der Waals surface area (Å²) in [4.78, 5) is 13.5. The van der Waals surface area contributed by atoms with Crippen molar-refractivity contribution in [3.63, 3.8) is 0 Å². The highest BCUT2D eigenvalue weighted by molar-refractivity contribution is 7.98. The van der Waals surface area contributed by atoms with Gasteiger partial charge in [0.25, 0.3) is 0 Å². The number of amides is 1. The minimum absolute atomic E-state index is 0.200. The average molecular weight is 293 g/mol. The maximum atomic E-state index is 11.9. The topological polar surface area (TPSA) is 29.5 Å². The molecule has 106 valence electrons. The highest BCUT2D eigenvalue weighted by atomic mass is 32.2. The third-order valence-electron chi connectivity index (χ3n) is 2.25. The second-order valence-corrected chi connectivity index (χ2v) is 4.75. The van der Waals surface area contributed by atoms with Crippen molar-refractivity contribution in [1.29, 1.82) is 0 Å². The van der Waals surface area contributed by atoms with Crippen LogP contribution in [0.2, 0.25) is 0 Å². The van der Waals surface area contributed by atoms with E-state index >= 15 is 0 Å². The van der Waals surface area contributed by atoms with Crippen molar-refractivity contribution in [2.75, 3.05) is 19.9 Å². The van der Waals surface area contributed by atoms with E-state index in [-0.39, 0.29) is 6.54 Å². The Labute approximate surface area is 113 Å². The lowest BCUT2D eigenvalue weighted by Gasteiger charge is -2.17. The molecule has 0 spiro atoms. The fourth-order valence-electron chi connectivity index (χ4n) is 1.32. The minimum Gasteiger partial charge on any atom is -0.440 e. The molecule has 0 heterocycles. The van der Waals surface area contributed by atoms with Crippen LogP contribution < -0.4 is 0 Å². The molecular weight excluding hydrogens is 279 g/mol. The summed E-state index contributed by atoms with van der Waals surface area (Å²) >= 11 is 1.58. The summed E-state index contributed by atoms with van der Waals surface area (Å²) in [6.45, 7) is -1.37. The van der Waals surface area contributed by atoms with Gasteiger partial charge in [-0.25, -0.2) is 4.79 Å². The minimum atomic E-state index is -4.50. The highest BCUT2D eigenvalue weighted by Crippen LogP contribution is 2.17. The molecule has 0 saturated heterocycles. The number of carbonyl (C=O) groups is 1. The Morgan fingerprint density at radius 2 is 1.89 bits per heavy atom. The zero-order valence-electron chi connectivity index (χ0n) is 10.5. The lowest BCUT2D eigenvalue weighted by molar-refractivity contribution is -0.162. The molecule has 1 rings (SSSR count). The van der Waals surface area contributed by atoms with E-state index in [4.69, 9.17) is 0 Å². The van der Waals surface area contributed by atoms with E-state index in [1.165, 1.54) is 7.05 Å². The van der Waals surface area contributed by atoms with Gasteiger partial charge < -0.3 is 9.64 Å². The molecule has 0 aliphatic carbocycles. The Kier molecular flexibility index (Phi) is 5.53. The first-order chi connectivity index (χ1) is 8.81. The van der Waals surface area contributed by atoms with Crippen molar-refractivity contribution in [2.45, 2.75) is 17.6 Å². The number of rotatable bonds is 4. The summed E-state index contributed by atoms with van der Waals surface area (Å²) in [6.07, 6.45) is -3.56. The van der Waals surface area contributed by atoms with Crippen LogP contribution in [0, 0.1) is 0 Å². The van der Waals surface area contributed by atoms with Crippen LogP contribution >= 0.6 is 11.8 Å². The first kappa shape index (κ1) is 15.7. The van der Waals surface area contributed by atoms with Crippen LogP contribution in [-0.2, 0) is 11.3 Å². The number of halogens is 3. The molecule has 0 radical (unpaired) electrons. The van der Waals surface area contributed by atoms with Crippen LogP contribution in [0.5, 0.6) is 0 Å². The van der Waals surface area contributed by atoms with Crippen molar-refractivity contribution >= 4 is 17.9 Å². The molecule has 0 aliphatic rings. The second kappa shape index (κ2) is 6.70. The van der Waals surface area contributed by atoms with E-state index in [9.17, 15) is 18.0 Å². The zero-order valence-corrected chi connectivity index (χ0v) is 11.3. The number of hydrogen-bond donors (Lipinski definition) is 0. The molecular formula is C12H14F3NO2S. The van der Waals surface area contributed by atoms with Crippen molar-refractivity contribution in [2.24, 2.45) is 0 Å². The number of thioether (sulfide) groups is 1. The second-order valence-electron chi connectivity index (χ2n) is 3.87. The standard InChI is InChI=1S/C12H14F3NO2S/c1-16(11(17)18-8-12(13,14)15)7-9-3-5-10(19-2)6-4-9/h3-6H,7-8H2,1-2H3. The largest absolute Gasteiger partial charge is 0.440 e. The molecule has 3 nitrogen and oxygen atoms in total. The van der Waals surface area contributed by atoms with E-state index in [1.54, 1.807) is 11.8 Å². The number of carbonyl (C=O) groups excluding carboxylic acids is 1. The molecule has 1 aromatic carbocycles. The first-order valence-corrected chi connectivity index (χ1v) is 6.62. The monoisotopic (exact) mass is 293 g/mol. The van der Waals surface area contributed by atoms with Gasteiger partial charge in [-0.15, -0.1) is 11.8 Å². The first-order valence-electron chi connectivity index (χ1n) is 5.39. The Morgan fingerprint density at radius 3 is 2.37 bits per heavy atom. The van der Waals surface area contributed by atoms with Crippen LogP contribution in [0.1, 0.15) is 5.56 Å². The summed E-state index contributed by atoms with van der Waals surface area (Å²) in [5.41, 5.74) is 0.823. The van der Waals surface area contributed by atoms with Gasteiger partial charge in [-0.2, -0.15) is 13.2 Å². The Hall–Kier alpha value is -1.37. The van der Waals surface area contributed by atoms with E-state index < -0.39 is 18.9 Å². The number of benzene rings is 1. The third-order valence-corrected chi connectivity index (χ3v) is 2.99. The van der Waals surface area contributed by atoms with Crippen molar-refractivity contribution in [3.05, 3.63) is 29.8 Å². The smallest absolute Gasteiger partial charge is 0.422 e. The number of nitrogens with zero attached hydrogens (tertiary/aromatic N) is 1. The van der Waals surface area contributed by atoms with Gasteiger partial charge in [0.1, 0.15) is 0 Å². The molecule has 0 aromatic heterocycles. The third kappa shape index (κ3) is 5.87. The quantitative estimate of drug-likeness (QED) is 0.795. The molecule has 0 unspecified atom stereocenters. The van der Waals surface area contributed by atoms with Gasteiger partial charge in [-0.05, 0) is 24.0 Å². The van der Waals surface area contributed by atoms with Crippen molar-refractivity contribution in [3.8, 4) is 0 Å². The summed E-state index contributed by atoms with van der Waals surface area (Å²) in [7, 11) is 1.39. The van der Waals surface area contributed by atoms with Gasteiger partial charge in [0.2, 0.25) is 0 Å². The predicted molar refractivity (Wildman–Crippen MR) is 67.1 cm³/mol. The molecule has 0 atom stereocenters. The maximum Gasteiger partial charge on any atom is 0.422 e. The summed E-state index contributed by atoms with van der Waals surface area (Å²) in [6, 6.07) is 7.41. The number of ether oxygens (including phenoxy) is 1. The van der Waals surface area contributed by atoms with Gasteiger partial charge in [0.15, 0.2) is 6.61 Å². The highest BCUT2D eigenvalue weighted by Gasteiger charge is 2.30. The average Bonchev–Trinajstić information content (AvgIpc) is 2.36. The van der Waals surface area contributed by atoms with Crippen LogP contribution in [0.25, 0.3) is 0 Å². The van der Waals surface area contributed by atoms with Crippen molar-refractivity contribution < 1.29 is 22.7 Å². The molecule has 0 N–H and O–H groups in total. The molecule has 0 aliphatic heterocycles. The maximum absolute atomic E-state index is 11.9. The lowest BCUT2D eigenvalue weighted by atomic mass is 10.2. The zero-order chi connectivity index (χ0) is 14.5. The van der Waals surface area contributed by atoms with E-state index in [2.05, 4.69) is 4.74 Å². The molecule has 0 bridgehead atoms.